The van der Waals surface area contributed by atoms with Crippen LogP contribution in [0.15, 0.2) is 30.3 Å². The highest BCUT2D eigenvalue weighted by atomic mass is 16.6. The van der Waals surface area contributed by atoms with Crippen molar-refractivity contribution in [2.45, 2.75) is 6.10 Å². The predicted octanol–water partition coefficient (Wildman–Crippen LogP) is 0.401. The lowest BCUT2D eigenvalue weighted by Gasteiger charge is -2.09. The molecule has 8 heteroatoms. The molecule has 0 saturated carbocycles. The Morgan fingerprint density at radius 1 is 1.45 bits per heavy atom. The van der Waals surface area contributed by atoms with Gasteiger partial charge in [-0.15, -0.1) is 0 Å². The summed E-state index contributed by atoms with van der Waals surface area (Å²) in [7, 11) is 0. The minimum absolute atomic E-state index is 0.0100. The number of carbonyl (C=O) groups is 1. The number of anilines is 1. The highest BCUT2D eigenvalue weighted by Crippen LogP contribution is 2.20. The Balaban J connectivity index is 2.19. The summed E-state index contributed by atoms with van der Waals surface area (Å²) in [6.45, 7) is -0.0547. The van der Waals surface area contributed by atoms with Crippen molar-refractivity contribution < 1.29 is 14.8 Å². The molecule has 1 amide bonds. The average molecular weight is 276 g/mol. The van der Waals surface area contributed by atoms with Gasteiger partial charge in [0, 0.05) is 17.5 Å². The molecule has 1 heterocycles. The molecular weight excluding hydrogens is 264 g/mol. The van der Waals surface area contributed by atoms with E-state index in [9.17, 15) is 20.0 Å². The Kier molecular flexibility index (Phi) is 3.76. The molecule has 0 aliphatic carbocycles. The molecule has 2 rings (SSSR count). The Hall–Kier alpha value is -2.74. The molecule has 0 aliphatic rings. The van der Waals surface area contributed by atoms with Crippen LogP contribution in [0.4, 0.5) is 11.5 Å². The van der Waals surface area contributed by atoms with Crippen molar-refractivity contribution in [1.29, 1.82) is 0 Å². The molecule has 0 bridgehead atoms. The smallest absolute Gasteiger partial charge is 0.270 e. The first-order chi connectivity index (χ1) is 9.47. The number of fused-ring (bicyclic) bond motifs is 1. The summed E-state index contributed by atoms with van der Waals surface area (Å²) < 4.78 is 0. The van der Waals surface area contributed by atoms with E-state index in [1.807, 2.05) is 0 Å². The normalized spacial score (nSPS) is 12.1. The molecule has 0 saturated heterocycles. The zero-order valence-corrected chi connectivity index (χ0v) is 10.3. The lowest BCUT2D eigenvalue weighted by atomic mass is 10.2. The molecule has 104 valence electrons. The maximum absolute atomic E-state index is 10.7. The summed E-state index contributed by atoms with van der Waals surface area (Å²) in [6, 6.07) is 7.57. The van der Waals surface area contributed by atoms with E-state index in [0.29, 0.717) is 16.7 Å². The van der Waals surface area contributed by atoms with Crippen molar-refractivity contribution >= 4 is 28.3 Å². The van der Waals surface area contributed by atoms with Gasteiger partial charge < -0.3 is 16.2 Å². The monoisotopic (exact) mass is 276 g/mol. The van der Waals surface area contributed by atoms with Gasteiger partial charge in [-0.25, -0.2) is 4.98 Å². The van der Waals surface area contributed by atoms with E-state index < -0.39 is 16.9 Å². The molecule has 4 N–H and O–H groups in total. The van der Waals surface area contributed by atoms with Gasteiger partial charge in [-0.1, -0.05) is 0 Å². The molecule has 1 unspecified atom stereocenters. The summed E-state index contributed by atoms with van der Waals surface area (Å²) in [5.74, 6) is -0.388. The van der Waals surface area contributed by atoms with Crippen LogP contribution < -0.4 is 11.1 Å². The third-order valence-electron chi connectivity index (χ3n) is 2.69. The van der Waals surface area contributed by atoms with E-state index >= 15 is 0 Å². The number of hydrogen-bond donors (Lipinski definition) is 3. The van der Waals surface area contributed by atoms with Crippen LogP contribution in [-0.2, 0) is 4.79 Å². The van der Waals surface area contributed by atoms with E-state index in [1.54, 1.807) is 12.1 Å². The molecule has 1 aromatic carbocycles. The van der Waals surface area contributed by atoms with Crippen molar-refractivity contribution in [2.75, 3.05) is 11.9 Å². The number of aliphatic hydroxyl groups is 1. The first kappa shape index (κ1) is 13.7. The molecule has 2 aromatic rings. The number of nitrogens with zero attached hydrogens (tertiary/aromatic N) is 2. The fourth-order valence-corrected chi connectivity index (χ4v) is 1.63. The number of pyridine rings is 1. The van der Waals surface area contributed by atoms with Crippen molar-refractivity contribution in [3.8, 4) is 0 Å². The maximum Gasteiger partial charge on any atom is 0.270 e. The van der Waals surface area contributed by atoms with Gasteiger partial charge in [-0.3, -0.25) is 14.9 Å². The third kappa shape index (κ3) is 2.98. The number of rotatable bonds is 5. The van der Waals surface area contributed by atoms with Crippen LogP contribution >= 0.6 is 0 Å². The van der Waals surface area contributed by atoms with Gasteiger partial charge >= 0.3 is 0 Å². The SMILES string of the molecule is NC(=O)C(O)CNc1ccc2cc([N+](=O)[O-])ccc2n1. The van der Waals surface area contributed by atoms with E-state index in [4.69, 9.17) is 5.73 Å². The lowest BCUT2D eigenvalue weighted by molar-refractivity contribution is -0.384. The third-order valence-corrected chi connectivity index (χ3v) is 2.69. The van der Waals surface area contributed by atoms with E-state index in [-0.39, 0.29) is 12.2 Å². The molecule has 20 heavy (non-hydrogen) atoms. The predicted molar refractivity (Wildman–Crippen MR) is 72.1 cm³/mol. The van der Waals surface area contributed by atoms with Crippen molar-refractivity contribution in [3.05, 3.63) is 40.4 Å². The number of nitrogens with two attached hydrogens (primary N) is 1. The Bertz CT molecular complexity index is 674. The number of non-ortho nitro benzene ring substituents is 1. The number of aromatic nitrogens is 1. The molecule has 0 fully saturated rings. The van der Waals surface area contributed by atoms with Gasteiger partial charge in [-0.05, 0) is 18.2 Å². The summed E-state index contributed by atoms with van der Waals surface area (Å²) in [6.07, 6.45) is -1.30. The van der Waals surface area contributed by atoms with Gasteiger partial charge in [0.05, 0.1) is 17.0 Å². The van der Waals surface area contributed by atoms with Crippen molar-refractivity contribution in [1.82, 2.24) is 4.98 Å². The first-order valence-corrected chi connectivity index (χ1v) is 5.74. The average Bonchev–Trinajstić information content (AvgIpc) is 2.43. The second-order valence-electron chi connectivity index (χ2n) is 4.13. The van der Waals surface area contributed by atoms with Crippen LogP contribution in [0.5, 0.6) is 0 Å². The summed E-state index contributed by atoms with van der Waals surface area (Å²) in [4.78, 5) is 25.1. The van der Waals surface area contributed by atoms with Gasteiger partial charge in [0.25, 0.3) is 5.69 Å². The van der Waals surface area contributed by atoms with E-state index in [1.165, 1.54) is 18.2 Å². The largest absolute Gasteiger partial charge is 0.381 e. The Labute approximate surface area is 113 Å². The Morgan fingerprint density at radius 3 is 2.85 bits per heavy atom. The first-order valence-electron chi connectivity index (χ1n) is 5.74. The zero-order valence-electron chi connectivity index (χ0n) is 10.3. The van der Waals surface area contributed by atoms with E-state index in [0.717, 1.165) is 0 Å². The summed E-state index contributed by atoms with van der Waals surface area (Å²) in [5.41, 5.74) is 5.48. The second kappa shape index (κ2) is 5.49. The quantitative estimate of drug-likeness (QED) is 0.535. The van der Waals surface area contributed by atoms with Crippen LogP contribution in [0.2, 0.25) is 0 Å². The number of amides is 1. The fraction of sp³-hybridized carbons (Fsp3) is 0.167. The molecule has 8 nitrogen and oxygen atoms in total. The van der Waals surface area contributed by atoms with Crippen LogP contribution in [0, 0.1) is 10.1 Å². The van der Waals surface area contributed by atoms with Gasteiger partial charge in [0.1, 0.15) is 11.9 Å². The van der Waals surface area contributed by atoms with Crippen molar-refractivity contribution in [2.24, 2.45) is 5.73 Å². The number of aliphatic hydroxyl groups excluding tert-OH is 1. The van der Waals surface area contributed by atoms with Crippen LogP contribution in [-0.4, -0.2) is 33.6 Å². The molecule has 0 radical (unpaired) electrons. The van der Waals surface area contributed by atoms with E-state index in [2.05, 4.69) is 10.3 Å². The number of benzene rings is 1. The maximum atomic E-state index is 10.7. The molecule has 1 atom stereocenters. The number of hydrogen-bond acceptors (Lipinski definition) is 6. The standard InChI is InChI=1S/C12H12N4O4/c13-12(18)10(17)6-14-11-4-1-7-5-8(16(19)20)2-3-9(7)15-11/h1-5,10,17H,6H2,(H2,13,18)(H,14,15). The summed E-state index contributed by atoms with van der Waals surface area (Å²) >= 11 is 0. The lowest BCUT2D eigenvalue weighted by Crippen LogP contribution is -2.34. The van der Waals surface area contributed by atoms with Gasteiger partial charge in [0.2, 0.25) is 5.91 Å². The van der Waals surface area contributed by atoms with Gasteiger partial charge in [0.15, 0.2) is 0 Å². The number of nitrogens with one attached hydrogen (secondary N) is 1. The minimum atomic E-state index is -1.30. The molecule has 1 aromatic heterocycles. The number of nitro groups is 1. The molecule has 0 spiro atoms. The van der Waals surface area contributed by atoms with Gasteiger partial charge in [-0.2, -0.15) is 0 Å². The zero-order chi connectivity index (χ0) is 14.7. The second-order valence-corrected chi connectivity index (χ2v) is 4.13. The molecular formula is C12H12N4O4. The fourth-order valence-electron chi connectivity index (χ4n) is 1.63. The number of nitro benzene ring substituents is 1. The Morgan fingerprint density at radius 2 is 2.20 bits per heavy atom. The van der Waals surface area contributed by atoms with Crippen molar-refractivity contribution in [3.63, 3.8) is 0 Å². The highest BCUT2D eigenvalue weighted by molar-refractivity contribution is 5.83. The van der Waals surface area contributed by atoms with Crippen LogP contribution in [0.25, 0.3) is 10.9 Å². The molecule has 0 aliphatic heterocycles. The summed E-state index contributed by atoms with van der Waals surface area (Å²) in [5, 5.41) is 23.3. The van der Waals surface area contributed by atoms with Crippen LogP contribution in [0.3, 0.4) is 0 Å². The number of primary amides is 1. The highest BCUT2D eigenvalue weighted by Gasteiger charge is 2.11. The minimum Gasteiger partial charge on any atom is -0.381 e. The number of carbonyl (C=O) groups excluding carboxylic acids is 1. The topological polar surface area (TPSA) is 131 Å². The van der Waals surface area contributed by atoms with Crippen LogP contribution in [0.1, 0.15) is 0 Å².